The van der Waals surface area contributed by atoms with Gasteiger partial charge in [0, 0.05) is 6.54 Å². The lowest BCUT2D eigenvalue weighted by Gasteiger charge is -2.08. The van der Waals surface area contributed by atoms with E-state index in [2.05, 4.69) is 5.32 Å². The first-order valence-electron chi connectivity index (χ1n) is 6.78. The van der Waals surface area contributed by atoms with Crippen LogP contribution < -0.4 is 5.32 Å². The third-order valence-corrected chi connectivity index (χ3v) is 4.14. The number of aromatic nitrogens is 1. The van der Waals surface area contributed by atoms with E-state index < -0.39 is 0 Å². The summed E-state index contributed by atoms with van der Waals surface area (Å²) in [7, 11) is 0. The molecule has 1 N–H and O–H groups in total. The van der Waals surface area contributed by atoms with E-state index >= 15 is 0 Å². The van der Waals surface area contributed by atoms with Crippen molar-refractivity contribution in [1.29, 1.82) is 0 Å². The molecular weight excluding hydrogens is 284 g/mol. The SMILES string of the molecule is CC=CCn1c(C(=O)NCc2ccco2)cc2sccc21. The van der Waals surface area contributed by atoms with E-state index in [1.54, 1.807) is 17.6 Å². The summed E-state index contributed by atoms with van der Waals surface area (Å²) < 4.78 is 8.39. The second kappa shape index (κ2) is 6.01. The molecule has 0 radical (unpaired) electrons. The molecule has 1 amide bonds. The minimum Gasteiger partial charge on any atom is -0.467 e. The van der Waals surface area contributed by atoms with Gasteiger partial charge in [0.25, 0.3) is 5.91 Å². The van der Waals surface area contributed by atoms with Crippen molar-refractivity contribution in [2.75, 3.05) is 0 Å². The molecule has 4 nitrogen and oxygen atoms in total. The molecule has 0 saturated carbocycles. The van der Waals surface area contributed by atoms with Crippen molar-refractivity contribution in [1.82, 2.24) is 9.88 Å². The first-order valence-corrected chi connectivity index (χ1v) is 7.66. The summed E-state index contributed by atoms with van der Waals surface area (Å²) >= 11 is 1.65. The van der Waals surface area contributed by atoms with E-state index in [0.717, 1.165) is 16.0 Å². The smallest absolute Gasteiger partial charge is 0.268 e. The van der Waals surface area contributed by atoms with Crippen LogP contribution in [0.15, 0.2) is 52.5 Å². The van der Waals surface area contributed by atoms with Gasteiger partial charge < -0.3 is 14.3 Å². The van der Waals surface area contributed by atoms with Crippen LogP contribution in [-0.2, 0) is 13.1 Å². The molecule has 21 heavy (non-hydrogen) atoms. The van der Waals surface area contributed by atoms with E-state index in [4.69, 9.17) is 4.42 Å². The molecule has 0 aliphatic heterocycles. The number of carbonyl (C=O) groups excluding carboxylic acids is 1. The van der Waals surface area contributed by atoms with E-state index in [1.807, 2.05) is 53.3 Å². The minimum atomic E-state index is -0.0840. The molecule has 3 rings (SSSR count). The van der Waals surface area contributed by atoms with Crippen molar-refractivity contribution in [3.63, 3.8) is 0 Å². The maximum atomic E-state index is 12.4. The molecule has 3 aromatic rings. The Morgan fingerprint density at radius 3 is 3.14 bits per heavy atom. The fourth-order valence-corrected chi connectivity index (χ4v) is 3.07. The summed E-state index contributed by atoms with van der Waals surface area (Å²) in [4.78, 5) is 12.4. The average Bonchev–Trinajstić information content (AvgIpc) is 3.19. The van der Waals surface area contributed by atoms with Gasteiger partial charge in [-0.1, -0.05) is 12.2 Å². The summed E-state index contributed by atoms with van der Waals surface area (Å²) in [6, 6.07) is 7.65. The van der Waals surface area contributed by atoms with Gasteiger partial charge in [0.05, 0.1) is 23.0 Å². The predicted molar refractivity (Wildman–Crippen MR) is 84.5 cm³/mol. The molecule has 0 unspecified atom stereocenters. The Bertz CT molecular complexity index is 766. The number of thiophene rings is 1. The zero-order valence-corrected chi connectivity index (χ0v) is 12.5. The summed E-state index contributed by atoms with van der Waals surface area (Å²) in [5.74, 6) is 0.663. The van der Waals surface area contributed by atoms with Crippen LogP contribution in [-0.4, -0.2) is 10.5 Å². The minimum absolute atomic E-state index is 0.0840. The van der Waals surface area contributed by atoms with E-state index in [0.29, 0.717) is 18.8 Å². The number of nitrogens with zero attached hydrogens (tertiary/aromatic N) is 1. The van der Waals surface area contributed by atoms with E-state index in [-0.39, 0.29) is 5.91 Å². The highest BCUT2D eigenvalue weighted by Crippen LogP contribution is 2.25. The second-order valence-electron chi connectivity index (χ2n) is 4.64. The average molecular weight is 300 g/mol. The normalized spacial score (nSPS) is 11.5. The number of hydrogen-bond acceptors (Lipinski definition) is 3. The van der Waals surface area contributed by atoms with Gasteiger partial charge in [-0.15, -0.1) is 11.3 Å². The van der Waals surface area contributed by atoms with Gasteiger partial charge in [-0.3, -0.25) is 4.79 Å². The van der Waals surface area contributed by atoms with Crippen LogP contribution in [0.1, 0.15) is 23.2 Å². The lowest BCUT2D eigenvalue weighted by Crippen LogP contribution is -2.25. The number of amides is 1. The van der Waals surface area contributed by atoms with Crippen LogP contribution in [0.4, 0.5) is 0 Å². The number of hydrogen-bond donors (Lipinski definition) is 1. The maximum Gasteiger partial charge on any atom is 0.268 e. The monoisotopic (exact) mass is 300 g/mol. The number of fused-ring (bicyclic) bond motifs is 1. The predicted octanol–water partition coefficient (Wildman–Crippen LogP) is 3.80. The fourth-order valence-electron chi connectivity index (χ4n) is 2.24. The molecule has 0 aromatic carbocycles. The number of carbonyl (C=O) groups is 1. The second-order valence-corrected chi connectivity index (χ2v) is 5.59. The molecule has 3 heterocycles. The molecule has 108 valence electrons. The molecule has 0 bridgehead atoms. The quantitative estimate of drug-likeness (QED) is 0.728. The Morgan fingerprint density at radius 2 is 2.38 bits per heavy atom. The molecule has 0 aliphatic carbocycles. The highest BCUT2D eigenvalue weighted by Gasteiger charge is 2.15. The number of nitrogens with one attached hydrogen (secondary N) is 1. The summed E-state index contributed by atoms with van der Waals surface area (Å²) in [5, 5.41) is 4.94. The van der Waals surface area contributed by atoms with Gasteiger partial charge in [0.1, 0.15) is 11.5 Å². The largest absolute Gasteiger partial charge is 0.467 e. The van der Waals surface area contributed by atoms with Gasteiger partial charge in [0.2, 0.25) is 0 Å². The maximum absolute atomic E-state index is 12.4. The molecule has 0 spiro atoms. The zero-order chi connectivity index (χ0) is 14.7. The first-order chi connectivity index (χ1) is 10.3. The van der Waals surface area contributed by atoms with Crippen molar-refractivity contribution in [2.24, 2.45) is 0 Å². The fraction of sp³-hybridized carbons (Fsp3) is 0.188. The van der Waals surface area contributed by atoms with Crippen LogP contribution in [0.25, 0.3) is 10.2 Å². The number of furan rings is 1. The van der Waals surface area contributed by atoms with E-state index in [9.17, 15) is 4.79 Å². The van der Waals surface area contributed by atoms with Gasteiger partial charge in [-0.2, -0.15) is 0 Å². The lowest BCUT2D eigenvalue weighted by molar-refractivity contribution is 0.0939. The van der Waals surface area contributed by atoms with Gasteiger partial charge in [0.15, 0.2) is 0 Å². The highest BCUT2D eigenvalue weighted by atomic mass is 32.1. The Balaban J connectivity index is 1.84. The first kappa shape index (κ1) is 13.7. The third-order valence-electron chi connectivity index (χ3n) is 3.28. The molecule has 0 fully saturated rings. The Labute approximate surface area is 126 Å². The van der Waals surface area contributed by atoms with Crippen molar-refractivity contribution >= 4 is 27.5 Å². The molecule has 3 aromatic heterocycles. The lowest BCUT2D eigenvalue weighted by atomic mass is 10.3. The Kier molecular flexibility index (Phi) is 3.92. The third kappa shape index (κ3) is 2.78. The van der Waals surface area contributed by atoms with Crippen LogP contribution >= 0.6 is 11.3 Å². The number of allylic oxidation sites excluding steroid dienone is 2. The highest BCUT2D eigenvalue weighted by molar-refractivity contribution is 7.17. The molecule has 0 atom stereocenters. The van der Waals surface area contributed by atoms with Crippen molar-refractivity contribution in [2.45, 2.75) is 20.0 Å². The Morgan fingerprint density at radius 1 is 1.48 bits per heavy atom. The number of rotatable bonds is 5. The van der Waals surface area contributed by atoms with Gasteiger partial charge in [-0.25, -0.2) is 0 Å². The van der Waals surface area contributed by atoms with Crippen LogP contribution in [0.5, 0.6) is 0 Å². The van der Waals surface area contributed by atoms with Crippen molar-refractivity contribution in [3.05, 3.63) is 59.5 Å². The van der Waals surface area contributed by atoms with Crippen molar-refractivity contribution in [3.8, 4) is 0 Å². The van der Waals surface area contributed by atoms with Gasteiger partial charge in [-0.05, 0) is 36.6 Å². The van der Waals surface area contributed by atoms with Crippen LogP contribution in [0.3, 0.4) is 0 Å². The Hall–Kier alpha value is -2.27. The molecular formula is C16H16N2O2S. The standard InChI is InChI=1S/C16H16N2O2S/c1-2-3-7-18-13-6-9-21-15(13)10-14(18)16(19)17-11-12-5-4-8-20-12/h2-6,8-10H,7,11H2,1H3,(H,17,19). The van der Waals surface area contributed by atoms with Crippen LogP contribution in [0, 0.1) is 0 Å². The van der Waals surface area contributed by atoms with E-state index in [1.165, 1.54) is 0 Å². The molecule has 0 saturated heterocycles. The molecule has 0 aliphatic rings. The summed E-state index contributed by atoms with van der Waals surface area (Å²) in [6.07, 6.45) is 5.63. The topological polar surface area (TPSA) is 47.2 Å². The van der Waals surface area contributed by atoms with Gasteiger partial charge >= 0.3 is 0 Å². The van der Waals surface area contributed by atoms with Crippen LogP contribution in [0.2, 0.25) is 0 Å². The van der Waals surface area contributed by atoms with Crippen molar-refractivity contribution < 1.29 is 9.21 Å². The zero-order valence-electron chi connectivity index (χ0n) is 11.7. The molecule has 5 heteroatoms. The summed E-state index contributed by atoms with van der Waals surface area (Å²) in [6.45, 7) is 3.07. The summed E-state index contributed by atoms with van der Waals surface area (Å²) in [5.41, 5.74) is 1.78.